The third kappa shape index (κ3) is 9.93. The van der Waals surface area contributed by atoms with Gasteiger partial charge in [0, 0.05) is 0 Å². The molecular formula is C41H55Cl3SiTi. The van der Waals surface area contributed by atoms with Gasteiger partial charge in [-0.2, -0.15) is 0 Å². The fourth-order valence-electron chi connectivity index (χ4n) is 6.64. The Balaban J connectivity index is 0.00000506. The summed E-state index contributed by atoms with van der Waals surface area (Å²) in [7, 11) is -1.60. The molecule has 248 valence electrons. The summed E-state index contributed by atoms with van der Waals surface area (Å²) in [6, 6.07) is 23.4. The minimum Gasteiger partial charge on any atom is -1.00 e. The third-order valence-electron chi connectivity index (χ3n) is 9.56. The van der Waals surface area contributed by atoms with E-state index < -0.39 is 8.80 Å². The predicted octanol–water partition coefficient (Wildman–Crippen LogP) is 0.467. The monoisotopic (exact) mass is 728 g/mol. The van der Waals surface area contributed by atoms with Crippen molar-refractivity contribution < 1.29 is 58.9 Å². The Morgan fingerprint density at radius 3 is 1.41 bits per heavy atom. The summed E-state index contributed by atoms with van der Waals surface area (Å²) in [5, 5.41) is 3.17. The Morgan fingerprint density at radius 1 is 0.565 bits per heavy atom. The summed E-state index contributed by atoms with van der Waals surface area (Å²) in [5.74, 6) is 0. The first kappa shape index (κ1) is 44.8. The van der Waals surface area contributed by atoms with Crippen LogP contribution in [-0.4, -0.2) is 8.80 Å². The van der Waals surface area contributed by atoms with Crippen LogP contribution in [0.25, 0.3) is 11.1 Å². The second kappa shape index (κ2) is 17.5. The molecule has 0 aliphatic heterocycles. The van der Waals surface area contributed by atoms with Gasteiger partial charge >= 0.3 is 21.7 Å². The molecule has 0 saturated heterocycles. The van der Waals surface area contributed by atoms with Gasteiger partial charge < -0.3 is 37.2 Å². The summed E-state index contributed by atoms with van der Waals surface area (Å²) in [6.45, 7) is 30.3. The van der Waals surface area contributed by atoms with Gasteiger partial charge in [0.1, 0.15) is 8.80 Å². The van der Waals surface area contributed by atoms with Gasteiger partial charge in [0.2, 0.25) is 0 Å². The normalized spacial score (nSPS) is 11.9. The minimum atomic E-state index is -1.60. The van der Waals surface area contributed by atoms with Gasteiger partial charge in [-0.3, -0.25) is 0 Å². The number of hydrogen-bond donors (Lipinski definition) is 0. The molecule has 0 bridgehead atoms. The predicted molar refractivity (Wildman–Crippen MR) is 190 cm³/mol. The maximum Gasteiger partial charge on any atom is 4.00 e. The number of aryl methyl sites for hydroxylation is 4. The molecule has 5 heteroatoms. The van der Waals surface area contributed by atoms with Gasteiger partial charge in [0.15, 0.2) is 0 Å². The fourth-order valence-corrected chi connectivity index (χ4v) is 10.2. The number of halogens is 3. The second-order valence-electron chi connectivity index (χ2n) is 15.0. The van der Waals surface area contributed by atoms with Crippen LogP contribution in [0, 0.1) is 34.6 Å². The minimum absolute atomic E-state index is 0. The Hall–Kier alpha value is -1.19. The van der Waals surface area contributed by atoms with Crippen LogP contribution in [0.1, 0.15) is 111 Å². The van der Waals surface area contributed by atoms with Crippen LogP contribution in [0.5, 0.6) is 0 Å². The van der Waals surface area contributed by atoms with E-state index in [2.05, 4.69) is 145 Å². The van der Waals surface area contributed by atoms with Crippen molar-refractivity contribution in [2.75, 3.05) is 0 Å². The van der Waals surface area contributed by atoms with Gasteiger partial charge in [0.05, 0.1) is 0 Å². The first-order chi connectivity index (χ1) is 19.5. The van der Waals surface area contributed by atoms with Crippen molar-refractivity contribution in [2.24, 2.45) is 0 Å². The molecule has 0 N–H and O–H groups in total. The number of hydrogen-bond acceptors (Lipinski definition) is 0. The molecular weight excluding hydrogens is 675 g/mol. The van der Waals surface area contributed by atoms with E-state index in [0.29, 0.717) is 0 Å². The Kier molecular flexibility index (Phi) is 17.0. The molecule has 4 rings (SSSR count). The molecule has 0 amide bonds. The maximum absolute atomic E-state index is 2.54. The third-order valence-corrected chi connectivity index (χ3v) is 12.6. The van der Waals surface area contributed by atoms with Gasteiger partial charge in [-0.15, -0.1) is 39.9 Å². The molecule has 0 spiro atoms. The zero-order chi connectivity index (χ0) is 31.1. The van der Waals surface area contributed by atoms with Crippen molar-refractivity contribution in [3.05, 3.63) is 110 Å². The Morgan fingerprint density at radius 2 is 1.00 bits per heavy atom. The van der Waals surface area contributed by atoms with Crippen LogP contribution in [0.3, 0.4) is 0 Å². The van der Waals surface area contributed by atoms with Gasteiger partial charge in [-0.1, -0.05) is 157 Å². The molecule has 0 aliphatic rings. The molecule has 0 heterocycles. The molecule has 0 radical (unpaired) electrons. The van der Waals surface area contributed by atoms with E-state index in [-0.39, 0.29) is 69.8 Å². The Bertz CT molecular complexity index is 1530. The number of rotatable bonds is 7. The Labute approximate surface area is 317 Å². The molecule has 0 aromatic heterocycles. The molecule has 46 heavy (non-hydrogen) atoms. The summed E-state index contributed by atoms with van der Waals surface area (Å²) in [6.07, 6.45) is 2.17. The molecule has 0 saturated carbocycles. The zero-order valence-electron chi connectivity index (χ0n) is 30.5. The first-order valence-electron chi connectivity index (χ1n) is 16.2. The van der Waals surface area contributed by atoms with E-state index in [1.165, 1.54) is 61.2 Å². The van der Waals surface area contributed by atoms with Crippen molar-refractivity contribution in [3.8, 4) is 11.1 Å². The first-order valence-corrected chi connectivity index (χ1v) is 18.1. The average molecular weight is 730 g/mol. The summed E-state index contributed by atoms with van der Waals surface area (Å²) >= 11 is 0. The summed E-state index contributed by atoms with van der Waals surface area (Å²) in [4.78, 5) is 0. The van der Waals surface area contributed by atoms with Crippen molar-refractivity contribution in [3.63, 3.8) is 0 Å². The molecule has 1 atom stereocenters. The maximum atomic E-state index is 2.54. The molecule has 1 unspecified atom stereocenters. The van der Waals surface area contributed by atoms with Crippen molar-refractivity contribution in [1.29, 1.82) is 0 Å². The smallest absolute Gasteiger partial charge is 1.00 e. The summed E-state index contributed by atoms with van der Waals surface area (Å²) < 4.78 is 0. The van der Waals surface area contributed by atoms with E-state index in [1.807, 2.05) is 0 Å². The SMILES string of the molecule is CCc1cc(CC)cc([SiH](Cc2c(C)c(C)c(C)[c-]2-c2cc(C(C)(C)C)cc(C(C)(C)C)c2)c2cc(C)cc(C)c2)c1.[Cl-].[Cl-].[Cl-].[Ti+4]. The van der Waals surface area contributed by atoms with Crippen LogP contribution in [0.15, 0.2) is 54.6 Å². The topological polar surface area (TPSA) is 0 Å². The molecule has 4 aromatic rings. The van der Waals surface area contributed by atoms with Crippen molar-refractivity contribution in [1.82, 2.24) is 0 Å². The second-order valence-corrected chi connectivity index (χ2v) is 17.8. The average Bonchev–Trinajstić information content (AvgIpc) is 3.12. The van der Waals surface area contributed by atoms with Gasteiger partial charge in [0.25, 0.3) is 0 Å². The molecule has 0 aliphatic carbocycles. The quantitative estimate of drug-likeness (QED) is 0.192. The van der Waals surface area contributed by atoms with Crippen LogP contribution in [0.2, 0.25) is 0 Å². The van der Waals surface area contributed by atoms with Gasteiger partial charge in [-0.05, 0) is 54.7 Å². The summed E-state index contributed by atoms with van der Waals surface area (Å²) in [5.41, 5.74) is 17.6. The van der Waals surface area contributed by atoms with E-state index in [9.17, 15) is 0 Å². The van der Waals surface area contributed by atoms with Gasteiger partial charge in [-0.25, -0.2) is 0 Å². The fraction of sp³-hybridized carbons (Fsp3) is 0.439. The molecule has 0 nitrogen and oxygen atoms in total. The van der Waals surface area contributed by atoms with Crippen LogP contribution in [0.4, 0.5) is 0 Å². The van der Waals surface area contributed by atoms with E-state index in [4.69, 9.17) is 0 Å². The number of benzene rings is 3. The van der Waals surface area contributed by atoms with Crippen LogP contribution in [-0.2, 0) is 51.4 Å². The molecule has 0 fully saturated rings. The van der Waals surface area contributed by atoms with E-state index in [0.717, 1.165) is 18.9 Å². The largest absolute Gasteiger partial charge is 4.00 e. The van der Waals surface area contributed by atoms with E-state index in [1.54, 1.807) is 15.9 Å². The van der Waals surface area contributed by atoms with Crippen LogP contribution >= 0.6 is 0 Å². The standard InChI is InChI=1S/C41H55Si.3ClH.Ti/c1-14-31-19-32(15-2)21-37(20-31)42(36-17-26(3)16-27(4)18-36)25-38-29(6)28(5)30(7)39(38)33-22-34(40(8,9)10)24-35(23-33)41(11,12)13;;;;/h16-24,42H,14-15,25H2,1-13H3;3*1H;/q-1;;;;+4/p-3. The van der Waals surface area contributed by atoms with Crippen molar-refractivity contribution >= 4 is 19.2 Å². The van der Waals surface area contributed by atoms with E-state index >= 15 is 0 Å². The molecule has 4 aromatic carbocycles. The van der Waals surface area contributed by atoms with Crippen molar-refractivity contribution in [2.45, 2.75) is 120 Å². The van der Waals surface area contributed by atoms with Crippen LogP contribution < -0.4 is 47.6 Å². The zero-order valence-corrected chi connectivity index (χ0v) is 35.5.